The number of para-hydroxylation sites is 2. The maximum absolute atomic E-state index is 2.41. The lowest BCUT2D eigenvalue weighted by Gasteiger charge is -2.20. The van der Waals surface area contributed by atoms with Crippen molar-refractivity contribution in [2.45, 2.75) is 13.8 Å². The Hall–Kier alpha value is -6.44. The SMILES string of the molecule is Cc1cc(-c2c3ccccc3c(-c3ccc4ccccc4c3)c3ccccc23)c(C)cc1-c1ccc(-n2c3ccccc3c3ccccc32)cc1. The topological polar surface area (TPSA) is 4.93 Å². The Bertz CT molecular complexity index is 2870. The van der Waals surface area contributed by atoms with Gasteiger partial charge in [0.1, 0.15) is 0 Å². The second-order valence-corrected chi connectivity index (χ2v) is 13.8. The van der Waals surface area contributed by atoms with Crippen molar-refractivity contribution < 1.29 is 0 Å². The van der Waals surface area contributed by atoms with Crippen LogP contribution in [0.15, 0.2) is 176 Å². The first-order valence-electron chi connectivity index (χ1n) is 17.8. The van der Waals surface area contributed by atoms with Crippen LogP contribution in [0.25, 0.3) is 93.2 Å². The third-order valence-corrected chi connectivity index (χ3v) is 10.8. The molecule has 0 atom stereocenters. The highest BCUT2D eigenvalue weighted by atomic mass is 15.0. The molecule has 0 radical (unpaired) electrons. The van der Waals surface area contributed by atoms with Gasteiger partial charge in [0.15, 0.2) is 0 Å². The zero-order valence-electron chi connectivity index (χ0n) is 28.7. The van der Waals surface area contributed by atoms with Crippen LogP contribution in [0.3, 0.4) is 0 Å². The molecule has 0 aliphatic rings. The van der Waals surface area contributed by atoms with E-state index in [1.54, 1.807) is 0 Å². The van der Waals surface area contributed by atoms with Gasteiger partial charge in [-0.05, 0) is 121 Å². The van der Waals surface area contributed by atoms with Crippen molar-refractivity contribution in [2.24, 2.45) is 0 Å². The first kappa shape index (κ1) is 29.5. The first-order chi connectivity index (χ1) is 25.1. The van der Waals surface area contributed by atoms with Gasteiger partial charge in [0.05, 0.1) is 11.0 Å². The fourth-order valence-electron chi connectivity index (χ4n) is 8.46. The summed E-state index contributed by atoms with van der Waals surface area (Å²) >= 11 is 0. The molecule has 0 saturated carbocycles. The van der Waals surface area contributed by atoms with Crippen molar-refractivity contribution in [3.05, 3.63) is 187 Å². The molecule has 0 amide bonds. The molecule has 0 spiro atoms. The van der Waals surface area contributed by atoms with Crippen LogP contribution in [-0.4, -0.2) is 4.57 Å². The normalized spacial score (nSPS) is 11.7. The van der Waals surface area contributed by atoms with Gasteiger partial charge in [-0.3, -0.25) is 0 Å². The smallest absolute Gasteiger partial charge is 0.0541 e. The molecule has 0 aliphatic heterocycles. The third kappa shape index (κ3) is 4.62. The van der Waals surface area contributed by atoms with E-state index in [0.717, 1.165) is 0 Å². The number of fused-ring (bicyclic) bond motifs is 6. The second-order valence-electron chi connectivity index (χ2n) is 13.8. The molecule has 1 heterocycles. The summed E-state index contributed by atoms with van der Waals surface area (Å²) in [6.07, 6.45) is 0. The zero-order valence-corrected chi connectivity index (χ0v) is 28.7. The summed E-state index contributed by atoms with van der Waals surface area (Å²) < 4.78 is 2.38. The van der Waals surface area contributed by atoms with E-state index in [9.17, 15) is 0 Å². The van der Waals surface area contributed by atoms with Crippen molar-refractivity contribution in [1.29, 1.82) is 0 Å². The molecule has 0 aliphatic carbocycles. The molecule has 0 bridgehead atoms. The summed E-state index contributed by atoms with van der Waals surface area (Å²) in [5, 5.41) is 10.2. The molecule has 0 fully saturated rings. The van der Waals surface area contributed by atoms with Crippen molar-refractivity contribution in [2.75, 3.05) is 0 Å². The van der Waals surface area contributed by atoms with Crippen molar-refractivity contribution in [1.82, 2.24) is 4.57 Å². The Balaban J connectivity index is 1.12. The van der Waals surface area contributed by atoms with Gasteiger partial charge in [-0.1, -0.05) is 146 Å². The summed E-state index contributed by atoms with van der Waals surface area (Å²) in [5.41, 5.74) is 13.8. The number of hydrogen-bond donors (Lipinski definition) is 0. The second kappa shape index (κ2) is 11.6. The van der Waals surface area contributed by atoms with Gasteiger partial charge >= 0.3 is 0 Å². The number of aromatic nitrogens is 1. The Morgan fingerprint density at radius 3 is 1.39 bits per heavy atom. The number of rotatable bonds is 4. The Morgan fingerprint density at radius 1 is 0.333 bits per heavy atom. The van der Waals surface area contributed by atoms with Crippen LogP contribution >= 0.6 is 0 Å². The minimum absolute atomic E-state index is 1.17. The van der Waals surface area contributed by atoms with Gasteiger partial charge in [-0.15, -0.1) is 0 Å². The lowest BCUT2D eigenvalue weighted by molar-refractivity contribution is 1.18. The average Bonchev–Trinajstić information content (AvgIpc) is 3.52. The molecule has 10 rings (SSSR count). The van der Waals surface area contributed by atoms with E-state index in [-0.39, 0.29) is 0 Å². The lowest BCUT2D eigenvalue weighted by atomic mass is 9.83. The summed E-state index contributed by atoms with van der Waals surface area (Å²) in [6.45, 7) is 4.53. The Morgan fingerprint density at radius 2 is 0.784 bits per heavy atom. The first-order valence-corrected chi connectivity index (χ1v) is 17.8. The van der Waals surface area contributed by atoms with Gasteiger partial charge in [0.2, 0.25) is 0 Å². The minimum atomic E-state index is 1.17. The fourth-order valence-corrected chi connectivity index (χ4v) is 8.46. The van der Waals surface area contributed by atoms with Gasteiger partial charge in [-0.2, -0.15) is 0 Å². The van der Waals surface area contributed by atoms with Crippen molar-refractivity contribution in [3.63, 3.8) is 0 Å². The highest BCUT2D eigenvalue weighted by Crippen LogP contribution is 2.46. The fraction of sp³-hybridized carbons (Fsp3) is 0.0400. The van der Waals surface area contributed by atoms with Gasteiger partial charge < -0.3 is 4.57 Å². The number of hydrogen-bond acceptors (Lipinski definition) is 0. The molecule has 1 heteroatoms. The molecular formula is C50H35N. The summed E-state index contributed by atoms with van der Waals surface area (Å²) in [6, 6.07) is 64.7. The van der Waals surface area contributed by atoms with Crippen molar-refractivity contribution in [3.8, 4) is 39.1 Å². The van der Waals surface area contributed by atoms with E-state index < -0.39 is 0 Å². The molecule has 0 unspecified atom stereocenters. The average molecular weight is 650 g/mol. The molecule has 1 aromatic heterocycles. The van der Waals surface area contributed by atoms with Crippen LogP contribution in [0.5, 0.6) is 0 Å². The highest BCUT2D eigenvalue weighted by Gasteiger charge is 2.19. The monoisotopic (exact) mass is 649 g/mol. The molecule has 240 valence electrons. The van der Waals surface area contributed by atoms with E-state index in [1.165, 1.54) is 104 Å². The predicted octanol–water partition coefficient (Wildman–Crippen LogP) is 13.9. The Labute approximate surface area is 297 Å². The van der Waals surface area contributed by atoms with Gasteiger partial charge in [0, 0.05) is 16.5 Å². The molecule has 1 nitrogen and oxygen atoms in total. The van der Waals surface area contributed by atoms with Crippen LogP contribution in [0.4, 0.5) is 0 Å². The number of aryl methyl sites for hydroxylation is 2. The molecule has 51 heavy (non-hydrogen) atoms. The Kier molecular flexibility index (Phi) is 6.69. The summed E-state index contributed by atoms with van der Waals surface area (Å²) in [5.74, 6) is 0. The maximum Gasteiger partial charge on any atom is 0.0541 e. The van der Waals surface area contributed by atoms with E-state index in [4.69, 9.17) is 0 Å². The number of benzene rings is 9. The van der Waals surface area contributed by atoms with Crippen molar-refractivity contribution >= 4 is 54.1 Å². The van der Waals surface area contributed by atoms with Crippen LogP contribution < -0.4 is 0 Å². The highest BCUT2D eigenvalue weighted by molar-refractivity contribution is 6.22. The standard InChI is InChI=1S/C50H35N/c1-32-30-46(33(2)29-45(32)35-25-27-38(28-26-35)51-47-21-11-9-15-39(47)40-16-10-12-22-48(40)51)50-43-19-7-5-17-41(43)49(42-18-6-8-20-44(42)50)37-24-23-34-13-3-4-14-36(34)31-37/h3-31H,1-2H3. The van der Waals surface area contributed by atoms with Crippen LogP contribution in [-0.2, 0) is 0 Å². The maximum atomic E-state index is 2.41. The van der Waals surface area contributed by atoms with Crippen LogP contribution in [0.2, 0.25) is 0 Å². The molecule has 0 saturated heterocycles. The number of nitrogens with zero attached hydrogens (tertiary/aromatic N) is 1. The quantitative estimate of drug-likeness (QED) is 0.167. The summed E-state index contributed by atoms with van der Waals surface area (Å²) in [7, 11) is 0. The van der Waals surface area contributed by atoms with E-state index in [0.29, 0.717) is 0 Å². The van der Waals surface area contributed by atoms with Gasteiger partial charge in [-0.25, -0.2) is 0 Å². The minimum Gasteiger partial charge on any atom is -0.309 e. The largest absolute Gasteiger partial charge is 0.309 e. The van der Waals surface area contributed by atoms with Crippen LogP contribution in [0, 0.1) is 13.8 Å². The molecule has 9 aromatic carbocycles. The van der Waals surface area contributed by atoms with Crippen LogP contribution in [0.1, 0.15) is 11.1 Å². The van der Waals surface area contributed by atoms with Gasteiger partial charge in [0.25, 0.3) is 0 Å². The van der Waals surface area contributed by atoms with E-state index in [2.05, 4.69) is 194 Å². The van der Waals surface area contributed by atoms with E-state index >= 15 is 0 Å². The molecule has 10 aromatic rings. The third-order valence-electron chi connectivity index (χ3n) is 10.8. The molecule has 0 N–H and O–H groups in total. The predicted molar refractivity (Wildman–Crippen MR) is 219 cm³/mol. The lowest BCUT2D eigenvalue weighted by Crippen LogP contribution is -1.95. The zero-order chi connectivity index (χ0) is 34.1. The van der Waals surface area contributed by atoms with E-state index in [1.807, 2.05) is 0 Å². The molecular weight excluding hydrogens is 615 g/mol. The summed E-state index contributed by atoms with van der Waals surface area (Å²) in [4.78, 5) is 0.